The quantitative estimate of drug-likeness (QED) is 0.361. The molecule has 0 aliphatic carbocycles. The first-order valence-corrected chi connectivity index (χ1v) is 13.3. The summed E-state index contributed by atoms with van der Waals surface area (Å²) in [5.74, 6) is 0. The second-order valence-electron chi connectivity index (χ2n) is 1.57. The molecular formula is CBrCl7Si2. The minimum atomic E-state index is -3.26. The van der Waals surface area contributed by atoms with Crippen LogP contribution in [-0.2, 0) is 0 Å². The van der Waals surface area contributed by atoms with Crippen molar-refractivity contribution in [1.29, 1.82) is 0 Å². The van der Waals surface area contributed by atoms with Crippen LogP contribution in [0.4, 0.5) is 0 Å². The van der Waals surface area contributed by atoms with Gasteiger partial charge in [-0.1, -0.05) is 15.9 Å². The van der Waals surface area contributed by atoms with Gasteiger partial charge in [-0.2, -0.15) is 0 Å². The zero-order valence-electron chi connectivity index (χ0n) is 4.52. The van der Waals surface area contributed by atoms with Crippen LogP contribution in [0.1, 0.15) is 0 Å². The summed E-state index contributed by atoms with van der Waals surface area (Å²) in [5.41, 5.74) is 0. The Morgan fingerprint density at radius 2 is 1.00 bits per heavy atom. The molecule has 0 aliphatic heterocycles. The van der Waals surface area contributed by atoms with Gasteiger partial charge >= 0.3 is 12.0 Å². The average Bonchev–Trinajstić information content (AvgIpc) is 1.58. The van der Waals surface area contributed by atoms with E-state index in [0.717, 1.165) is 0 Å². The van der Waals surface area contributed by atoms with Crippen molar-refractivity contribution in [2.45, 2.75) is 3.03 Å². The summed E-state index contributed by atoms with van der Waals surface area (Å²) in [5, 5.41) is 0. The minimum absolute atomic E-state index is 1.47. The van der Waals surface area contributed by atoms with Crippen LogP contribution in [0.3, 0.4) is 0 Å². The third kappa shape index (κ3) is 3.53. The van der Waals surface area contributed by atoms with Crippen molar-refractivity contribution >= 4 is 106 Å². The summed E-state index contributed by atoms with van der Waals surface area (Å²) in [6.07, 6.45) is 0. The highest BCUT2D eigenvalue weighted by Gasteiger charge is 2.63. The lowest BCUT2D eigenvalue weighted by Gasteiger charge is -2.29. The van der Waals surface area contributed by atoms with Crippen molar-refractivity contribution in [3.05, 3.63) is 0 Å². The van der Waals surface area contributed by atoms with Crippen molar-refractivity contribution in [2.24, 2.45) is 0 Å². The Balaban J connectivity index is 4.75. The summed E-state index contributed by atoms with van der Waals surface area (Å²) in [6, 6.07) is -6.51. The van der Waals surface area contributed by atoms with Gasteiger partial charge in [0, 0.05) is 0 Å². The van der Waals surface area contributed by atoms with Gasteiger partial charge in [-0.25, -0.2) is 0 Å². The van der Waals surface area contributed by atoms with E-state index in [1.54, 1.807) is 0 Å². The van der Waals surface area contributed by atoms with Gasteiger partial charge in [-0.05, 0) is 0 Å². The summed E-state index contributed by atoms with van der Waals surface area (Å²) in [6.45, 7) is 0. The number of hydrogen-bond acceptors (Lipinski definition) is 0. The summed E-state index contributed by atoms with van der Waals surface area (Å²) in [4.78, 5) is 0. The zero-order valence-corrected chi connectivity index (χ0v) is 13.4. The van der Waals surface area contributed by atoms with E-state index in [-0.39, 0.29) is 0 Å². The average molecular weight is 396 g/mol. The van der Waals surface area contributed by atoms with Crippen LogP contribution in [0.15, 0.2) is 0 Å². The molecule has 0 saturated carbocycles. The van der Waals surface area contributed by atoms with E-state index < -0.39 is 15.0 Å². The third-order valence-corrected chi connectivity index (χ3v) is 23.5. The molecule has 0 amide bonds. The van der Waals surface area contributed by atoms with Crippen molar-refractivity contribution in [1.82, 2.24) is 0 Å². The molecule has 0 aromatic carbocycles. The van der Waals surface area contributed by atoms with E-state index in [2.05, 4.69) is 15.9 Å². The molecule has 0 N–H and O–H groups in total. The number of rotatable bonds is 2. The van der Waals surface area contributed by atoms with E-state index in [4.69, 9.17) is 78.1 Å². The molecule has 0 saturated heterocycles. The molecule has 0 aromatic heterocycles. The monoisotopic (exact) mass is 392 g/mol. The molecule has 0 aliphatic rings. The Hall–Kier alpha value is 2.94. The second-order valence-corrected chi connectivity index (χ2v) is 23.6. The Labute approximate surface area is 108 Å². The van der Waals surface area contributed by atoms with Gasteiger partial charge in [0.05, 0.1) is 0 Å². The molecule has 0 bridgehead atoms. The van der Waals surface area contributed by atoms with Gasteiger partial charge in [-0.3, -0.25) is 0 Å². The molecule has 0 atom stereocenters. The van der Waals surface area contributed by atoms with E-state index in [1.807, 2.05) is 0 Å². The topological polar surface area (TPSA) is 0 Å². The lowest BCUT2D eigenvalue weighted by atomic mass is 11.8. The first kappa shape index (κ1) is 13.9. The van der Waals surface area contributed by atoms with Crippen molar-refractivity contribution in [3.63, 3.8) is 0 Å². The van der Waals surface area contributed by atoms with Crippen LogP contribution in [0.25, 0.3) is 0 Å². The van der Waals surface area contributed by atoms with E-state index in [0.29, 0.717) is 0 Å². The maximum absolute atomic E-state index is 5.74. The fourth-order valence-corrected chi connectivity index (χ4v) is 13.0. The van der Waals surface area contributed by atoms with Gasteiger partial charge in [0.2, 0.25) is 0 Å². The Morgan fingerprint density at radius 3 is 1.00 bits per heavy atom. The lowest BCUT2D eigenvalue weighted by molar-refractivity contribution is 1.74. The van der Waals surface area contributed by atoms with E-state index >= 15 is 0 Å². The van der Waals surface area contributed by atoms with Gasteiger partial charge in [0.1, 0.15) is 0 Å². The molecule has 0 aromatic rings. The second kappa shape index (κ2) is 4.21. The van der Waals surface area contributed by atoms with Crippen LogP contribution < -0.4 is 0 Å². The fourth-order valence-electron chi connectivity index (χ4n) is 0.161. The van der Waals surface area contributed by atoms with Crippen molar-refractivity contribution < 1.29 is 0 Å². The Bertz CT molecular complexity index is 128. The standard InChI is InChI=1S/CBrCl7Si2/c2-1(3,10(4,5)6)11(7,8)9. The predicted molar refractivity (Wildman–Crippen MR) is 64.1 cm³/mol. The summed E-state index contributed by atoms with van der Waals surface area (Å²) in [7, 11) is 0. The third-order valence-electron chi connectivity index (χ3n) is 0.712. The van der Waals surface area contributed by atoms with E-state index in [9.17, 15) is 0 Å². The fraction of sp³-hybridized carbons (Fsp3) is 1.00. The van der Waals surface area contributed by atoms with Gasteiger partial charge in [-0.15, -0.1) is 78.1 Å². The Morgan fingerprint density at radius 1 is 0.818 bits per heavy atom. The summed E-state index contributed by atoms with van der Waals surface area (Å²) >= 11 is 42.1. The smallest absolute Gasteiger partial charge is 0.124 e. The van der Waals surface area contributed by atoms with Gasteiger partial charge in [0.25, 0.3) is 0 Å². The predicted octanol–water partition coefficient (Wildman–Crippen LogP) is 4.71. The van der Waals surface area contributed by atoms with Crippen LogP contribution in [0, 0.1) is 0 Å². The molecule has 11 heavy (non-hydrogen) atoms. The highest BCUT2D eigenvalue weighted by molar-refractivity contribution is 9.12. The van der Waals surface area contributed by atoms with Gasteiger partial charge in [0.15, 0.2) is 3.03 Å². The highest BCUT2D eigenvalue weighted by atomic mass is 79.9. The van der Waals surface area contributed by atoms with Crippen molar-refractivity contribution in [2.75, 3.05) is 0 Å². The number of alkyl halides is 2. The molecule has 68 valence electrons. The summed E-state index contributed by atoms with van der Waals surface area (Å²) < 4.78 is -1.47. The molecule has 0 spiro atoms. The van der Waals surface area contributed by atoms with Gasteiger partial charge < -0.3 is 0 Å². The maximum atomic E-state index is 5.74. The highest BCUT2D eigenvalue weighted by Crippen LogP contribution is 2.53. The SMILES string of the molecule is ClC(Br)([Si](Cl)(Cl)Cl)[Si](Cl)(Cl)Cl. The molecule has 0 nitrogen and oxygen atoms in total. The minimum Gasteiger partial charge on any atom is -0.124 e. The molecule has 0 rings (SSSR count). The van der Waals surface area contributed by atoms with Crippen molar-refractivity contribution in [3.8, 4) is 0 Å². The largest absolute Gasteiger partial charge is 0.372 e. The van der Waals surface area contributed by atoms with Crippen LogP contribution in [0.5, 0.6) is 0 Å². The molecule has 10 heteroatoms. The first-order chi connectivity index (χ1) is 4.50. The molecule has 0 unspecified atom stereocenters. The van der Waals surface area contributed by atoms with Crippen LogP contribution >= 0.6 is 94.0 Å². The molecule has 0 heterocycles. The zero-order chi connectivity index (χ0) is 9.50. The normalized spacial score (nSPS) is 15.3. The molecular weight excluding hydrogens is 396 g/mol. The lowest BCUT2D eigenvalue weighted by Crippen LogP contribution is -2.50. The van der Waals surface area contributed by atoms with E-state index in [1.165, 1.54) is 0 Å². The van der Waals surface area contributed by atoms with Crippen LogP contribution in [0.2, 0.25) is 0 Å². The number of hydrogen-bond donors (Lipinski definition) is 0. The molecule has 0 radical (unpaired) electrons. The Kier molecular flexibility index (Phi) is 5.34. The number of halogens is 8. The molecule has 0 fully saturated rings. The maximum Gasteiger partial charge on any atom is 0.372 e. The van der Waals surface area contributed by atoms with Crippen LogP contribution in [-0.4, -0.2) is 15.0 Å². The first-order valence-electron chi connectivity index (χ1n) is 2.01.